The number of rotatable bonds is 3. The fourth-order valence-electron chi connectivity index (χ4n) is 2.48. The van der Waals surface area contributed by atoms with E-state index in [0.29, 0.717) is 19.7 Å². The molecule has 4 heteroatoms. The van der Waals surface area contributed by atoms with Crippen LogP contribution in [0.5, 0.6) is 0 Å². The topological polar surface area (TPSA) is 29.5 Å². The summed E-state index contributed by atoms with van der Waals surface area (Å²) in [6, 6.07) is 12.3. The summed E-state index contributed by atoms with van der Waals surface area (Å²) in [5.74, 6) is 0.0498. The van der Waals surface area contributed by atoms with Gasteiger partial charge < -0.3 is 9.64 Å². The first-order valence-electron chi connectivity index (χ1n) is 7.41. The van der Waals surface area contributed by atoms with Crippen molar-refractivity contribution in [3.05, 3.63) is 63.9 Å². The van der Waals surface area contributed by atoms with Gasteiger partial charge >= 0.3 is 0 Å². The van der Waals surface area contributed by atoms with Crippen LogP contribution < -0.4 is 0 Å². The molecular weight excluding hydrogens is 294 g/mol. The average Bonchev–Trinajstić information content (AvgIpc) is 3.07. The van der Waals surface area contributed by atoms with E-state index in [1.807, 2.05) is 28.5 Å². The van der Waals surface area contributed by atoms with Gasteiger partial charge in [-0.3, -0.25) is 4.79 Å². The molecule has 0 bridgehead atoms. The standard InChI is InChI=1S/C18H19NO2S/c1-14-4-6-15(7-5-14)17-13-19(10-11-21-17)18(20)9-8-16-3-2-12-22-16/h2-9,12,17H,10-11,13H2,1H3/b9-8+. The first-order valence-corrected chi connectivity index (χ1v) is 8.29. The summed E-state index contributed by atoms with van der Waals surface area (Å²) in [4.78, 5) is 15.3. The Morgan fingerprint density at radius 1 is 1.32 bits per heavy atom. The second-order valence-electron chi connectivity index (χ2n) is 5.40. The summed E-state index contributed by atoms with van der Waals surface area (Å²) >= 11 is 1.63. The quantitative estimate of drug-likeness (QED) is 0.809. The average molecular weight is 313 g/mol. The Bertz CT molecular complexity index is 646. The van der Waals surface area contributed by atoms with Gasteiger partial charge in [0.2, 0.25) is 5.91 Å². The number of carbonyl (C=O) groups excluding carboxylic acids is 1. The molecule has 1 unspecified atom stereocenters. The van der Waals surface area contributed by atoms with E-state index in [0.717, 1.165) is 10.4 Å². The Balaban J connectivity index is 1.65. The summed E-state index contributed by atoms with van der Waals surface area (Å²) in [5, 5.41) is 2.01. The number of nitrogens with zero attached hydrogens (tertiary/aromatic N) is 1. The van der Waals surface area contributed by atoms with Crippen molar-refractivity contribution in [2.75, 3.05) is 19.7 Å². The smallest absolute Gasteiger partial charge is 0.246 e. The van der Waals surface area contributed by atoms with Gasteiger partial charge in [0, 0.05) is 17.5 Å². The maximum absolute atomic E-state index is 12.3. The number of benzene rings is 1. The fourth-order valence-corrected chi connectivity index (χ4v) is 3.10. The van der Waals surface area contributed by atoms with E-state index < -0.39 is 0 Å². The molecule has 0 radical (unpaired) electrons. The molecule has 1 amide bonds. The molecule has 3 nitrogen and oxygen atoms in total. The first kappa shape index (κ1) is 15.0. The van der Waals surface area contributed by atoms with Crippen molar-refractivity contribution in [1.29, 1.82) is 0 Å². The van der Waals surface area contributed by atoms with E-state index in [-0.39, 0.29) is 12.0 Å². The van der Waals surface area contributed by atoms with E-state index in [4.69, 9.17) is 4.74 Å². The number of morpholine rings is 1. The van der Waals surface area contributed by atoms with Gasteiger partial charge in [-0.1, -0.05) is 35.9 Å². The number of aryl methyl sites for hydroxylation is 1. The van der Waals surface area contributed by atoms with Crippen LogP contribution in [0.3, 0.4) is 0 Å². The highest BCUT2D eigenvalue weighted by molar-refractivity contribution is 7.10. The SMILES string of the molecule is Cc1ccc(C2CN(C(=O)/C=C/c3cccs3)CCO2)cc1. The van der Waals surface area contributed by atoms with Crippen LogP contribution in [-0.2, 0) is 9.53 Å². The van der Waals surface area contributed by atoms with E-state index in [1.165, 1.54) is 5.56 Å². The van der Waals surface area contributed by atoms with Gasteiger partial charge in [-0.25, -0.2) is 0 Å². The number of carbonyl (C=O) groups is 1. The molecule has 0 aliphatic carbocycles. The molecule has 1 aliphatic rings. The third-order valence-corrected chi connectivity index (χ3v) is 4.60. The van der Waals surface area contributed by atoms with Crippen molar-refractivity contribution < 1.29 is 9.53 Å². The minimum absolute atomic E-state index is 0.0339. The molecule has 1 fully saturated rings. The predicted molar refractivity (Wildman–Crippen MR) is 89.8 cm³/mol. The Hall–Kier alpha value is -1.91. The number of amides is 1. The molecule has 1 aliphatic heterocycles. The van der Waals surface area contributed by atoms with Gasteiger partial charge in [0.15, 0.2) is 0 Å². The van der Waals surface area contributed by atoms with Gasteiger partial charge in [-0.2, -0.15) is 0 Å². The summed E-state index contributed by atoms with van der Waals surface area (Å²) in [6.45, 7) is 3.90. The summed E-state index contributed by atoms with van der Waals surface area (Å²) in [5.41, 5.74) is 2.36. The van der Waals surface area contributed by atoms with Gasteiger partial charge in [0.25, 0.3) is 0 Å². The largest absolute Gasteiger partial charge is 0.370 e. The van der Waals surface area contributed by atoms with E-state index >= 15 is 0 Å². The predicted octanol–water partition coefficient (Wildman–Crippen LogP) is 3.67. The van der Waals surface area contributed by atoms with Crippen molar-refractivity contribution in [3.63, 3.8) is 0 Å². The van der Waals surface area contributed by atoms with Gasteiger partial charge in [0.05, 0.1) is 13.2 Å². The van der Waals surface area contributed by atoms with E-state index in [9.17, 15) is 4.79 Å². The van der Waals surface area contributed by atoms with Gasteiger partial charge in [-0.05, 0) is 30.0 Å². The highest BCUT2D eigenvalue weighted by Gasteiger charge is 2.24. The van der Waals surface area contributed by atoms with Crippen molar-refractivity contribution >= 4 is 23.3 Å². The molecule has 0 N–H and O–H groups in total. The van der Waals surface area contributed by atoms with E-state index in [2.05, 4.69) is 31.2 Å². The summed E-state index contributed by atoms with van der Waals surface area (Å²) in [7, 11) is 0. The summed E-state index contributed by atoms with van der Waals surface area (Å²) in [6.07, 6.45) is 3.50. The Morgan fingerprint density at radius 3 is 2.86 bits per heavy atom. The van der Waals surface area contributed by atoms with Gasteiger partial charge in [0.1, 0.15) is 6.10 Å². The lowest BCUT2D eigenvalue weighted by atomic mass is 10.1. The molecule has 2 aromatic rings. The maximum Gasteiger partial charge on any atom is 0.246 e. The van der Waals surface area contributed by atoms with Crippen LogP contribution >= 0.6 is 11.3 Å². The zero-order valence-corrected chi connectivity index (χ0v) is 13.4. The van der Waals surface area contributed by atoms with Crippen molar-refractivity contribution in [1.82, 2.24) is 4.90 Å². The molecule has 0 spiro atoms. The number of hydrogen-bond donors (Lipinski definition) is 0. The molecule has 1 aromatic carbocycles. The maximum atomic E-state index is 12.3. The van der Waals surface area contributed by atoms with Crippen molar-refractivity contribution in [3.8, 4) is 0 Å². The number of thiophene rings is 1. The molecule has 0 saturated carbocycles. The first-order chi connectivity index (χ1) is 10.7. The minimum Gasteiger partial charge on any atom is -0.370 e. The van der Waals surface area contributed by atoms with Crippen LogP contribution in [0, 0.1) is 6.92 Å². The highest BCUT2D eigenvalue weighted by Crippen LogP contribution is 2.23. The molecule has 3 rings (SSSR count). The lowest BCUT2D eigenvalue weighted by Crippen LogP contribution is -2.41. The fraction of sp³-hybridized carbons (Fsp3) is 0.278. The van der Waals surface area contributed by atoms with Crippen LogP contribution in [-0.4, -0.2) is 30.5 Å². The van der Waals surface area contributed by atoms with Crippen LogP contribution in [0.15, 0.2) is 47.9 Å². The summed E-state index contributed by atoms with van der Waals surface area (Å²) < 4.78 is 5.82. The molecule has 1 atom stereocenters. The molecule has 1 aromatic heterocycles. The normalized spacial score (nSPS) is 18.8. The minimum atomic E-state index is -0.0339. The second-order valence-corrected chi connectivity index (χ2v) is 6.38. The van der Waals surface area contributed by atoms with Crippen LogP contribution in [0.2, 0.25) is 0 Å². The molecule has 1 saturated heterocycles. The lowest BCUT2D eigenvalue weighted by molar-refractivity contribution is -0.133. The third-order valence-electron chi connectivity index (χ3n) is 3.76. The molecule has 22 heavy (non-hydrogen) atoms. The van der Waals surface area contributed by atoms with Crippen molar-refractivity contribution in [2.24, 2.45) is 0 Å². The van der Waals surface area contributed by atoms with Crippen LogP contribution in [0.4, 0.5) is 0 Å². The number of ether oxygens (including phenoxy) is 1. The molecule has 2 heterocycles. The Labute approximate surface area is 134 Å². The van der Waals surface area contributed by atoms with Crippen LogP contribution in [0.25, 0.3) is 6.08 Å². The Morgan fingerprint density at radius 2 is 2.14 bits per heavy atom. The lowest BCUT2D eigenvalue weighted by Gasteiger charge is -2.32. The third kappa shape index (κ3) is 3.64. The Kier molecular flexibility index (Phi) is 4.71. The second kappa shape index (κ2) is 6.90. The van der Waals surface area contributed by atoms with E-state index in [1.54, 1.807) is 17.4 Å². The van der Waals surface area contributed by atoms with Crippen LogP contribution in [0.1, 0.15) is 22.1 Å². The highest BCUT2D eigenvalue weighted by atomic mass is 32.1. The monoisotopic (exact) mass is 313 g/mol. The zero-order chi connectivity index (χ0) is 15.4. The zero-order valence-electron chi connectivity index (χ0n) is 12.6. The number of hydrogen-bond acceptors (Lipinski definition) is 3. The molecule has 114 valence electrons. The van der Waals surface area contributed by atoms with Crippen molar-refractivity contribution in [2.45, 2.75) is 13.0 Å². The van der Waals surface area contributed by atoms with Gasteiger partial charge in [-0.15, -0.1) is 11.3 Å². The molecular formula is C18H19NO2S.